The SMILES string of the molecule is Nc1ccccc1-c1cc2cc(Cl)cc(Cl)c2o1. The van der Waals surface area contributed by atoms with E-state index in [2.05, 4.69) is 0 Å². The second-order valence-corrected chi connectivity index (χ2v) is 4.85. The van der Waals surface area contributed by atoms with E-state index in [1.807, 2.05) is 36.4 Å². The number of anilines is 1. The summed E-state index contributed by atoms with van der Waals surface area (Å²) in [7, 11) is 0. The summed E-state index contributed by atoms with van der Waals surface area (Å²) in [6.07, 6.45) is 0. The maximum atomic E-state index is 6.09. The van der Waals surface area contributed by atoms with E-state index < -0.39 is 0 Å². The van der Waals surface area contributed by atoms with Gasteiger partial charge in [0.2, 0.25) is 0 Å². The number of rotatable bonds is 1. The first kappa shape index (κ1) is 11.5. The van der Waals surface area contributed by atoms with Gasteiger partial charge >= 0.3 is 0 Å². The van der Waals surface area contributed by atoms with Crippen LogP contribution in [0.4, 0.5) is 5.69 Å². The average Bonchev–Trinajstić information content (AvgIpc) is 2.73. The fourth-order valence-electron chi connectivity index (χ4n) is 1.93. The molecule has 2 aromatic carbocycles. The van der Waals surface area contributed by atoms with Crippen LogP contribution in [0, 0.1) is 0 Å². The van der Waals surface area contributed by atoms with Gasteiger partial charge in [-0.25, -0.2) is 0 Å². The Balaban J connectivity index is 2.26. The quantitative estimate of drug-likeness (QED) is 0.637. The van der Waals surface area contributed by atoms with Gasteiger partial charge in [-0.1, -0.05) is 35.3 Å². The Morgan fingerprint density at radius 1 is 1.00 bits per heavy atom. The van der Waals surface area contributed by atoms with E-state index in [0.717, 1.165) is 10.9 Å². The van der Waals surface area contributed by atoms with Gasteiger partial charge in [0.25, 0.3) is 0 Å². The molecule has 1 aromatic heterocycles. The van der Waals surface area contributed by atoms with Crippen LogP contribution in [0.25, 0.3) is 22.3 Å². The van der Waals surface area contributed by atoms with E-state index in [9.17, 15) is 0 Å². The maximum Gasteiger partial charge on any atom is 0.153 e. The number of furan rings is 1. The van der Waals surface area contributed by atoms with Crippen molar-refractivity contribution < 1.29 is 4.42 Å². The molecule has 0 aliphatic rings. The van der Waals surface area contributed by atoms with Crippen molar-refractivity contribution in [3.05, 3.63) is 52.5 Å². The lowest BCUT2D eigenvalue weighted by Crippen LogP contribution is -1.87. The highest BCUT2D eigenvalue weighted by molar-refractivity contribution is 6.38. The monoisotopic (exact) mass is 277 g/mol. The van der Waals surface area contributed by atoms with Gasteiger partial charge in [0, 0.05) is 21.7 Å². The third kappa shape index (κ3) is 1.84. The molecule has 0 aliphatic carbocycles. The van der Waals surface area contributed by atoms with Crippen LogP contribution in [0.15, 0.2) is 46.9 Å². The number of nitrogen functional groups attached to an aromatic ring is 1. The highest BCUT2D eigenvalue weighted by atomic mass is 35.5. The van der Waals surface area contributed by atoms with E-state index >= 15 is 0 Å². The summed E-state index contributed by atoms with van der Waals surface area (Å²) in [6.45, 7) is 0. The third-order valence-electron chi connectivity index (χ3n) is 2.76. The highest BCUT2D eigenvalue weighted by Gasteiger charge is 2.11. The Hall–Kier alpha value is -1.64. The predicted molar refractivity (Wildman–Crippen MR) is 76.1 cm³/mol. The van der Waals surface area contributed by atoms with Gasteiger partial charge in [0.05, 0.1) is 5.02 Å². The molecule has 4 heteroatoms. The molecule has 0 unspecified atom stereocenters. The van der Waals surface area contributed by atoms with E-state index in [4.69, 9.17) is 33.4 Å². The molecular formula is C14H9Cl2NO. The lowest BCUT2D eigenvalue weighted by molar-refractivity contribution is 0.632. The Morgan fingerprint density at radius 2 is 1.78 bits per heavy atom. The van der Waals surface area contributed by atoms with Crippen LogP contribution in [0.5, 0.6) is 0 Å². The van der Waals surface area contributed by atoms with Crippen molar-refractivity contribution >= 4 is 39.9 Å². The smallest absolute Gasteiger partial charge is 0.153 e. The molecule has 0 aliphatic heterocycles. The van der Waals surface area contributed by atoms with Gasteiger partial charge in [-0.3, -0.25) is 0 Å². The zero-order valence-electron chi connectivity index (χ0n) is 9.28. The molecule has 3 rings (SSSR count). The average molecular weight is 278 g/mol. The van der Waals surface area contributed by atoms with Crippen molar-refractivity contribution in [3.8, 4) is 11.3 Å². The van der Waals surface area contributed by atoms with E-state index in [0.29, 0.717) is 27.1 Å². The van der Waals surface area contributed by atoms with Gasteiger partial charge in [-0.2, -0.15) is 0 Å². The molecule has 0 atom stereocenters. The van der Waals surface area contributed by atoms with E-state index in [-0.39, 0.29) is 0 Å². The van der Waals surface area contributed by atoms with Gasteiger partial charge in [-0.15, -0.1) is 0 Å². The van der Waals surface area contributed by atoms with Crippen molar-refractivity contribution in [2.45, 2.75) is 0 Å². The molecule has 2 nitrogen and oxygen atoms in total. The lowest BCUT2D eigenvalue weighted by Gasteiger charge is -2.00. The Morgan fingerprint density at radius 3 is 2.56 bits per heavy atom. The molecule has 0 bridgehead atoms. The lowest BCUT2D eigenvalue weighted by atomic mass is 10.1. The number of para-hydroxylation sites is 1. The Labute approximate surface area is 114 Å². The molecule has 1 heterocycles. The normalized spacial score (nSPS) is 11.0. The minimum atomic E-state index is 0.498. The van der Waals surface area contributed by atoms with Crippen LogP contribution < -0.4 is 5.73 Å². The molecule has 0 spiro atoms. The first-order valence-corrected chi connectivity index (χ1v) is 6.14. The van der Waals surface area contributed by atoms with Crippen molar-refractivity contribution in [1.82, 2.24) is 0 Å². The number of hydrogen-bond donors (Lipinski definition) is 1. The van der Waals surface area contributed by atoms with Crippen molar-refractivity contribution in [2.24, 2.45) is 0 Å². The molecule has 3 aromatic rings. The first-order valence-electron chi connectivity index (χ1n) is 5.38. The molecule has 90 valence electrons. The molecule has 0 amide bonds. The number of fused-ring (bicyclic) bond motifs is 1. The Kier molecular flexibility index (Phi) is 2.69. The zero-order valence-corrected chi connectivity index (χ0v) is 10.8. The van der Waals surface area contributed by atoms with Gasteiger partial charge in [0.1, 0.15) is 5.76 Å². The van der Waals surface area contributed by atoms with E-state index in [1.165, 1.54) is 0 Å². The number of hydrogen-bond acceptors (Lipinski definition) is 2. The molecule has 0 radical (unpaired) electrons. The van der Waals surface area contributed by atoms with Crippen molar-refractivity contribution in [2.75, 3.05) is 5.73 Å². The molecule has 18 heavy (non-hydrogen) atoms. The summed E-state index contributed by atoms with van der Waals surface area (Å²) in [5.41, 5.74) is 8.06. The van der Waals surface area contributed by atoms with Crippen LogP contribution in [-0.2, 0) is 0 Å². The third-order valence-corrected chi connectivity index (χ3v) is 3.26. The second-order valence-electron chi connectivity index (χ2n) is 4.00. The first-order chi connectivity index (χ1) is 8.65. The summed E-state index contributed by atoms with van der Waals surface area (Å²) < 4.78 is 5.75. The molecule has 2 N–H and O–H groups in total. The van der Waals surface area contributed by atoms with Crippen LogP contribution >= 0.6 is 23.2 Å². The molecular weight excluding hydrogens is 269 g/mol. The predicted octanol–water partition coefficient (Wildman–Crippen LogP) is 4.99. The summed E-state index contributed by atoms with van der Waals surface area (Å²) in [6, 6.07) is 12.9. The van der Waals surface area contributed by atoms with Crippen molar-refractivity contribution in [3.63, 3.8) is 0 Å². The van der Waals surface area contributed by atoms with Crippen LogP contribution in [-0.4, -0.2) is 0 Å². The largest absolute Gasteiger partial charge is 0.454 e. The maximum absolute atomic E-state index is 6.09. The Bertz CT molecular complexity index is 734. The number of nitrogens with two attached hydrogens (primary N) is 1. The molecule has 0 saturated heterocycles. The van der Waals surface area contributed by atoms with Crippen LogP contribution in [0.1, 0.15) is 0 Å². The standard InChI is InChI=1S/C14H9Cl2NO/c15-9-5-8-6-13(18-14(8)11(16)7-9)10-3-1-2-4-12(10)17/h1-7H,17H2. The van der Waals surface area contributed by atoms with Gasteiger partial charge < -0.3 is 10.2 Å². The number of benzene rings is 2. The fourth-order valence-corrected chi connectivity index (χ4v) is 2.48. The minimum absolute atomic E-state index is 0.498. The molecule has 0 saturated carbocycles. The summed E-state index contributed by atoms with van der Waals surface area (Å²) in [4.78, 5) is 0. The summed E-state index contributed by atoms with van der Waals surface area (Å²) >= 11 is 12.1. The van der Waals surface area contributed by atoms with Crippen molar-refractivity contribution in [1.29, 1.82) is 0 Å². The van der Waals surface area contributed by atoms with Gasteiger partial charge in [-0.05, 0) is 30.3 Å². The van der Waals surface area contributed by atoms with E-state index in [1.54, 1.807) is 6.07 Å². The minimum Gasteiger partial charge on any atom is -0.454 e. The fraction of sp³-hybridized carbons (Fsp3) is 0. The molecule has 0 fully saturated rings. The summed E-state index contributed by atoms with van der Waals surface area (Å²) in [5, 5.41) is 1.95. The zero-order chi connectivity index (χ0) is 12.7. The van der Waals surface area contributed by atoms with Crippen LogP contribution in [0.2, 0.25) is 10.0 Å². The van der Waals surface area contributed by atoms with Crippen LogP contribution in [0.3, 0.4) is 0 Å². The summed E-state index contributed by atoms with van der Waals surface area (Å²) in [5.74, 6) is 0.687. The van der Waals surface area contributed by atoms with Gasteiger partial charge in [0.15, 0.2) is 5.58 Å². The highest BCUT2D eigenvalue weighted by Crippen LogP contribution is 2.36. The second kappa shape index (κ2) is 4.23. The topological polar surface area (TPSA) is 39.2 Å². The number of halogens is 2.